The predicted octanol–water partition coefficient (Wildman–Crippen LogP) is 4.12. The van der Waals surface area contributed by atoms with Gasteiger partial charge in [0.2, 0.25) is 5.91 Å². The molecule has 1 N–H and O–H groups in total. The minimum atomic E-state index is -0.0688. The highest BCUT2D eigenvalue weighted by Gasteiger charge is 2.14. The molecule has 0 spiro atoms. The Labute approximate surface area is 134 Å². The van der Waals surface area contributed by atoms with Crippen molar-refractivity contribution >= 4 is 49.2 Å². The van der Waals surface area contributed by atoms with Crippen molar-refractivity contribution in [3.63, 3.8) is 0 Å². The molecule has 0 aliphatic carbocycles. The average Bonchev–Trinajstić information content (AvgIpc) is 2.97. The number of fused-ring (bicyclic) bond motifs is 1. The Morgan fingerprint density at radius 2 is 2.14 bits per heavy atom. The van der Waals surface area contributed by atoms with E-state index in [1.807, 2.05) is 42.7 Å². The summed E-state index contributed by atoms with van der Waals surface area (Å²) in [5.74, 6) is -0.0688. The fourth-order valence-electron chi connectivity index (χ4n) is 2.31. The first-order valence-electron chi connectivity index (χ1n) is 6.52. The Balaban J connectivity index is 1.88. The van der Waals surface area contributed by atoms with Gasteiger partial charge in [-0.15, -0.1) is 11.3 Å². The molecule has 0 unspecified atom stereocenters. The van der Waals surface area contributed by atoms with Crippen LogP contribution in [0.15, 0.2) is 34.9 Å². The second-order valence-corrected chi connectivity index (χ2v) is 6.85. The summed E-state index contributed by atoms with van der Waals surface area (Å²) >= 11 is 5.08. The van der Waals surface area contributed by atoms with Crippen molar-refractivity contribution in [2.45, 2.75) is 20.4 Å². The van der Waals surface area contributed by atoms with Crippen molar-refractivity contribution < 1.29 is 4.79 Å². The SMILES string of the molecule is Cc1cnc(NC(=O)Cn2c(C)c(Br)c3ccccc32)s1. The number of nitrogens with one attached hydrogen (secondary N) is 1. The van der Waals surface area contributed by atoms with Crippen molar-refractivity contribution in [1.82, 2.24) is 9.55 Å². The summed E-state index contributed by atoms with van der Waals surface area (Å²) in [6, 6.07) is 8.04. The van der Waals surface area contributed by atoms with Crippen LogP contribution in [-0.4, -0.2) is 15.5 Å². The van der Waals surface area contributed by atoms with Gasteiger partial charge in [-0.2, -0.15) is 0 Å². The van der Waals surface area contributed by atoms with Crippen molar-refractivity contribution in [2.24, 2.45) is 0 Å². The third kappa shape index (κ3) is 2.73. The van der Waals surface area contributed by atoms with Crippen molar-refractivity contribution in [3.05, 3.63) is 45.5 Å². The molecule has 21 heavy (non-hydrogen) atoms. The second kappa shape index (κ2) is 5.61. The molecule has 4 nitrogen and oxygen atoms in total. The summed E-state index contributed by atoms with van der Waals surface area (Å²) in [6.45, 7) is 4.25. The summed E-state index contributed by atoms with van der Waals surface area (Å²) in [5.41, 5.74) is 2.09. The highest BCUT2D eigenvalue weighted by Crippen LogP contribution is 2.30. The van der Waals surface area contributed by atoms with Gasteiger partial charge in [0.15, 0.2) is 5.13 Å². The standard InChI is InChI=1S/C15H14BrN3OS/c1-9-7-17-15(21-9)18-13(20)8-19-10(2)14(16)11-5-3-4-6-12(11)19/h3-7H,8H2,1-2H3,(H,17,18,20). The minimum absolute atomic E-state index is 0.0688. The highest BCUT2D eigenvalue weighted by molar-refractivity contribution is 9.10. The molecular weight excluding hydrogens is 350 g/mol. The largest absolute Gasteiger partial charge is 0.334 e. The molecule has 0 aliphatic heterocycles. The van der Waals surface area contributed by atoms with Crippen LogP contribution in [0.5, 0.6) is 0 Å². The van der Waals surface area contributed by atoms with Gasteiger partial charge in [-0.25, -0.2) is 4.98 Å². The molecule has 1 amide bonds. The molecule has 0 aliphatic rings. The highest BCUT2D eigenvalue weighted by atomic mass is 79.9. The fourth-order valence-corrected chi connectivity index (χ4v) is 3.54. The van der Waals surface area contributed by atoms with Crippen LogP contribution in [0, 0.1) is 13.8 Å². The van der Waals surface area contributed by atoms with Gasteiger partial charge in [0.05, 0.1) is 0 Å². The summed E-state index contributed by atoms with van der Waals surface area (Å²) < 4.78 is 3.05. The molecule has 0 bridgehead atoms. The van der Waals surface area contributed by atoms with E-state index in [1.165, 1.54) is 11.3 Å². The van der Waals surface area contributed by atoms with Crippen LogP contribution in [-0.2, 0) is 11.3 Å². The van der Waals surface area contributed by atoms with Gasteiger partial charge >= 0.3 is 0 Å². The maximum atomic E-state index is 12.2. The number of anilines is 1. The Kier molecular flexibility index (Phi) is 3.82. The molecule has 2 aromatic heterocycles. The summed E-state index contributed by atoms with van der Waals surface area (Å²) in [6.07, 6.45) is 1.76. The van der Waals surface area contributed by atoms with E-state index in [-0.39, 0.29) is 12.5 Å². The summed E-state index contributed by atoms with van der Waals surface area (Å²) in [4.78, 5) is 17.5. The third-order valence-corrected chi connectivity index (χ3v) is 5.15. The quantitative estimate of drug-likeness (QED) is 0.760. The zero-order valence-corrected chi connectivity index (χ0v) is 14.1. The number of hydrogen-bond acceptors (Lipinski definition) is 3. The molecule has 0 saturated carbocycles. The van der Waals surface area contributed by atoms with E-state index in [0.29, 0.717) is 5.13 Å². The molecule has 6 heteroatoms. The van der Waals surface area contributed by atoms with Gasteiger partial charge in [-0.1, -0.05) is 18.2 Å². The van der Waals surface area contributed by atoms with Gasteiger partial charge in [0.1, 0.15) is 6.54 Å². The van der Waals surface area contributed by atoms with E-state index in [0.717, 1.165) is 25.9 Å². The van der Waals surface area contributed by atoms with Gasteiger partial charge in [-0.3, -0.25) is 4.79 Å². The lowest BCUT2D eigenvalue weighted by atomic mass is 10.2. The molecule has 3 aromatic rings. The number of amides is 1. The van der Waals surface area contributed by atoms with E-state index in [2.05, 4.69) is 26.2 Å². The fraction of sp³-hybridized carbons (Fsp3) is 0.200. The molecule has 0 atom stereocenters. The number of hydrogen-bond donors (Lipinski definition) is 1. The first-order chi connectivity index (χ1) is 10.1. The average molecular weight is 364 g/mol. The maximum absolute atomic E-state index is 12.2. The van der Waals surface area contributed by atoms with Crippen LogP contribution in [0.1, 0.15) is 10.6 Å². The molecular formula is C15H14BrN3OS. The topological polar surface area (TPSA) is 46.9 Å². The van der Waals surface area contributed by atoms with Crippen molar-refractivity contribution in [3.8, 4) is 0 Å². The number of aryl methyl sites for hydroxylation is 1. The maximum Gasteiger partial charge on any atom is 0.246 e. The Morgan fingerprint density at radius 3 is 2.86 bits per heavy atom. The van der Waals surface area contributed by atoms with Crippen LogP contribution in [0.3, 0.4) is 0 Å². The zero-order valence-electron chi connectivity index (χ0n) is 11.7. The number of rotatable bonds is 3. The number of carbonyl (C=O) groups excluding carboxylic acids is 1. The lowest BCUT2D eigenvalue weighted by Gasteiger charge is -2.07. The molecule has 0 fully saturated rings. The van der Waals surface area contributed by atoms with E-state index in [1.54, 1.807) is 6.20 Å². The smallest absolute Gasteiger partial charge is 0.246 e. The van der Waals surface area contributed by atoms with Gasteiger partial charge < -0.3 is 9.88 Å². The summed E-state index contributed by atoms with van der Waals surface area (Å²) in [5, 5.41) is 4.61. The zero-order chi connectivity index (χ0) is 15.0. The molecule has 3 rings (SSSR count). The predicted molar refractivity (Wildman–Crippen MR) is 89.9 cm³/mol. The van der Waals surface area contributed by atoms with E-state index in [4.69, 9.17) is 0 Å². The van der Waals surface area contributed by atoms with E-state index in [9.17, 15) is 4.79 Å². The lowest BCUT2D eigenvalue weighted by molar-refractivity contribution is -0.116. The molecule has 1 aromatic carbocycles. The van der Waals surface area contributed by atoms with Crippen LogP contribution in [0.4, 0.5) is 5.13 Å². The normalized spacial score (nSPS) is 11.0. The number of benzene rings is 1. The van der Waals surface area contributed by atoms with Gasteiger partial charge in [-0.05, 0) is 35.8 Å². The number of nitrogens with zero attached hydrogens (tertiary/aromatic N) is 2. The van der Waals surface area contributed by atoms with Crippen LogP contribution in [0.25, 0.3) is 10.9 Å². The number of halogens is 1. The third-order valence-electron chi connectivity index (χ3n) is 3.32. The molecule has 2 heterocycles. The van der Waals surface area contributed by atoms with Crippen LogP contribution < -0.4 is 5.32 Å². The molecule has 0 radical (unpaired) electrons. The van der Waals surface area contributed by atoms with E-state index >= 15 is 0 Å². The van der Waals surface area contributed by atoms with E-state index < -0.39 is 0 Å². The Hall–Kier alpha value is -1.66. The lowest BCUT2D eigenvalue weighted by Crippen LogP contribution is -2.19. The number of para-hydroxylation sites is 1. The Morgan fingerprint density at radius 1 is 1.38 bits per heavy atom. The first-order valence-corrected chi connectivity index (χ1v) is 8.13. The number of aromatic nitrogens is 2. The minimum Gasteiger partial charge on any atom is -0.334 e. The van der Waals surface area contributed by atoms with Crippen LogP contribution >= 0.6 is 27.3 Å². The molecule has 0 saturated heterocycles. The number of thiazole rings is 1. The second-order valence-electron chi connectivity index (χ2n) is 4.83. The molecule has 108 valence electrons. The summed E-state index contributed by atoms with van der Waals surface area (Å²) in [7, 11) is 0. The van der Waals surface area contributed by atoms with Gasteiger partial charge in [0.25, 0.3) is 0 Å². The van der Waals surface area contributed by atoms with Gasteiger partial charge in [0, 0.05) is 32.1 Å². The van der Waals surface area contributed by atoms with Crippen molar-refractivity contribution in [2.75, 3.05) is 5.32 Å². The Bertz CT molecular complexity index is 822. The first kappa shape index (κ1) is 14.3. The number of carbonyl (C=O) groups is 1. The monoisotopic (exact) mass is 363 g/mol. The van der Waals surface area contributed by atoms with Crippen molar-refractivity contribution in [1.29, 1.82) is 0 Å². The van der Waals surface area contributed by atoms with Crippen LogP contribution in [0.2, 0.25) is 0 Å².